The number of fused-ring (bicyclic) bond motifs is 1. The smallest absolute Gasteiger partial charge is 0.00427 e. The summed E-state index contributed by atoms with van der Waals surface area (Å²) in [6.45, 7) is 11.7. The molecule has 1 aromatic rings. The van der Waals surface area contributed by atoms with Crippen LogP contribution in [0.15, 0.2) is 18.2 Å². The van der Waals surface area contributed by atoms with Crippen LogP contribution < -0.4 is 0 Å². The second-order valence-electron chi connectivity index (χ2n) is 6.54. The molecular formula is C15H23P. The minimum atomic E-state index is 0.328. The van der Waals surface area contributed by atoms with E-state index in [-0.39, 0.29) is 0 Å². The highest BCUT2D eigenvalue weighted by atomic mass is 31.0. The Morgan fingerprint density at radius 3 is 2.19 bits per heavy atom. The summed E-state index contributed by atoms with van der Waals surface area (Å²) in [5, 5.41) is 0. The standard InChI is InChI=1S/C15H23P/c1-10(16)11-6-7-12-13(8-11)15(4,5)9-14(12,2)3/h6-8,10H,9,16H2,1-5H3. The van der Waals surface area contributed by atoms with Crippen LogP contribution in [0.2, 0.25) is 0 Å². The summed E-state index contributed by atoms with van der Waals surface area (Å²) in [6, 6.07) is 7.06. The van der Waals surface area contributed by atoms with E-state index in [1.54, 1.807) is 11.1 Å². The van der Waals surface area contributed by atoms with Crippen LogP contribution in [0, 0.1) is 0 Å². The molecule has 0 N–H and O–H groups in total. The summed E-state index contributed by atoms with van der Waals surface area (Å²) in [5.74, 6) is 0. The average Bonchev–Trinajstić information content (AvgIpc) is 2.32. The number of benzene rings is 1. The minimum absolute atomic E-state index is 0.328. The maximum absolute atomic E-state index is 2.89. The molecule has 1 heteroatoms. The van der Waals surface area contributed by atoms with Gasteiger partial charge in [-0.05, 0) is 39.6 Å². The molecule has 0 heterocycles. The fourth-order valence-corrected chi connectivity index (χ4v) is 3.50. The quantitative estimate of drug-likeness (QED) is 0.624. The van der Waals surface area contributed by atoms with Crippen LogP contribution in [0.5, 0.6) is 0 Å². The SMILES string of the molecule is CC(P)c1ccc2c(c1)C(C)(C)CC2(C)C. The topological polar surface area (TPSA) is 0 Å². The van der Waals surface area contributed by atoms with Gasteiger partial charge in [-0.3, -0.25) is 0 Å². The Hall–Kier alpha value is -0.350. The molecule has 0 saturated carbocycles. The van der Waals surface area contributed by atoms with Crippen molar-refractivity contribution in [3.63, 3.8) is 0 Å². The molecule has 0 spiro atoms. The molecular weight excluding hydrogens is 211 g/mol. The van der Waals surface area contributed by atoms with Gasteiger partial charge in [-0.1, -0.05) is 52.8 Å². The Bertz CT molecular complexity index is 413. The van der Waals surface area contributed by atoms with E-state index >= 15 is 0 Å². The Labute approximate surface area is 102 Å². The van der Waals surface area contributed by atoms with Crippen LogP contribution in [0.25, 0.3) is 0 Å². The van der Waals surface area contributed by atoms with E-state index in [1.807, 2.05) is 0 Å². The predicted octanol–water partition coefficient (Wildman–Crippen LogP) is 4.58. The maximum atomic E-state index is 2.89. The molecule has 0 radical (unpaired) electrons. The van der Waals surface area contributed by atoms with Crippen molar-refractivity contribution in [3.05, 3.63) is 34.9 Å². The van der Waals surface area contributed by atoms with Gasteiger partial charge in [0, 0.05) is 0 Å². The van der Waals surface area contributed by atoms with Crippen LogP contribution in [0.1, 0.15) is 63.4 Å². The van der Waals surface area contributed by atoms with Crippen molar-refractivity contribution in [1.82, 2.24) is 0 Å². The molecule has 0 fully saturated rings. The summed E-state index contributed by atoms with van der Waals surface area (Å²) in [7, 11) is 2.89. The van der Waals surface area contributed by atoms with Crippen LogP contribution in [0.3, 0.4) is 0 Å². The molecule has 0 aliphatic heterocycles. The highest BCUT2D eigenvalue weighted by Crippen LogP contribution is 2.49. The second kappa shape index (κ2) is 3.57. The first-order valence-corrected chi connectivity index (χ1v) is 6.81. The van der Waals surface area contributed by atoms with E-state index in [4.69, 9.17) is 0 Å². The first-order chi connectivity index (χ1) is 7.24. The molecule has 2 unspecified atom stereocenters. The second-order valence-corrected chi connectivity index (χ2v) is 7.54. The van der Waals surface area contributed by atoms with Crippen LogP contribution in [0.4, 0.5) is 0 Å². The number of rotatable bonds is 1. The van der Waals surface area contributed by atoms with Crippen molar-refractivity contribution >= 4 is 9.24 Å². The number of hydrogen-bond acceptors (Lipinski definition) is 0. The first-order valence-electron chi connectivity index (χ1n) is 6.14. The van der Waals surface area contributed by atoms with Gasteiger partial charge in [0.15, 0.2) is 0 Å². The largest absolute Gasteiger partial charge is 0.130 e. The molecule has 0 bridgehead atoms. The Morgan fingerprint density at radius 2 is 1.62 bits per heavy atom. The van der Waals surface area contributed by atoms with Crippen LogP contribution in [-0.2, 0) is 10.8 Å². The Morgan fingerprint density at radius 1 is 1.06 bits per heavy atom. The van der Waals surface area contributed by atoms with Crippen molar-refractivity contribution in [2.45, 2.75) is 57.5 Å². The minimum Gasteiger partial charge on any atom is -0.130 e. The van der Waals surface area contributed by atoms with E-state index in [0.717, 1.165) is 0 Å². The zero-order valence-corrected chi connectivity index (χ0v) is 12.2. The molecule has 2 rings (SSSR count). The lowest BCUT2D eigenvalue weighted by Crippen LogP contribution is -2.17. The van der Waals surface area contributed by atoms with Crippen LogP contribution in [-0.4, -0.2) is 0 Å². The zero-order valence-electron chi connectivity index (χ0n) is 11.1. The van der Waals surface area contributed by atoms with E-state index in [2.05, 4.69) is 62.1 Å². The summed E-state index contributed by atoms with van der Waals surface area (Å²) in [5.41, 5.74) is 5.76. The maximum Gasteiger partial charge on any atom is -0.00427 e. The molecule has 1 aliphatic carbocycles. The van der Waals surface area contributed by atoms with Crippen molar-refractivity contribution in [2.24, 2.45) is 0 Å². The van der Waals surface area contributed by atoms with Gasteiger partial charge >= 0.3 is 0 Å². The van der Waals surface area contributed by atoms with Gasteiger partial charge in [0.05, 0.1) is 0 Å². The van der Waals surface area contributed by atoms with Gasteiger partial charge in [-0.2, -0.15) is 0 Å². The van der Waals surface area contributed by atoms with E-state index in [0.29, 0.717) is 16.5 Å². The highest BCUT2D eigenvalue weighted by molar-refractivity contribution is 7.17. The Kier molecular flexibility index (Phi) is 2.70. The van der Waals surface area contributed by atoms with Crippen molar-refractivity contribution in [2.75, 3.05) is 0 Å². The molecule has 2 atom stereocenters. The van der Waals surface area contributed by atoms with Gasteiger partial charge in [0.2, 0.25) is 0 Å². The molecule has 16 heavy (non-hydrogen) atoms. The first kappa shape index (κ1) is 12.1. The third-order valence-electron chi connectivity index (χ3n) is 3.91. The molecule has 0 saturated heterocycles. The van der Waals surface area contributed by atoms with Gasteiger partial charge in [-0.15, -0.1) is 9.24 Å². The fourth-order valence-electron chi connectivity index (χ4n) is 3.29. The lowest BCUT2D eigenvalue weighted by molar-refractivity contribution is 0.403. The molecule has 0 aromatic heterocycles. The third kappa shape index (κ3) is 1.82. The zero-order chi connectivity index (χ0) is 12.1. The van der Waals surface area contributed by atoms with Crippen molar-refractivity contribution < 1.29 is 0 Å². The van der Waals surface area contributed by atoms with E-state index in [9.17, 15) is 0 Å². The molecule has 0 amide bonds. The number of hydrogen-bond donors (Lipinski definition) is 0. The van der Waals surface area contributed by atoms with Crippen molar-refractivity contribution in [1.29, 1.82) is 0 Å². The summed E-state index contributed by atoms with van der Waals surface area (Å²) in [4.78, 5) is 0. The molecule has 1 aromatic carbocycles. The lowest BCUT2D eigenvalue weighted by Gasteiger charge is -2.22. The normalized spacial score (nSPS) is 22.9. The monoisotopic (exact) mass is 234 g/mol. The van der Waals surface area contributed by atoms with Crippen LogP contribution >= 0.6 is 9.24 Å². The van der Waals surface area contributed by atoms with E-state index < -0.39 is 0 Å². The third-order valence-corrected chi connectivity index (χ3v) is 4.30. The van der Waals surface area contributed by atoms with Gasteiger partial charge in [-0.25, -0.2) is 0 Å². The highest BCUT2D eigenvalue weighted by Gasteiger charge is 2.41. The van der Waals surface area contributed by atoms with Gasteiger partial charge in [0.1, 0.15) is 0 Å². The molecule has 1 aliphatic rings. The predicted molar refractivity (Wildman–Crippen MR) is 75.2 cm³/mol. The van der Waals surface area contributed by atoms with Crippen molar-refractivity contribution in [3.8, 4) is 0 Å². The van der Waals surface area contributed by atoms with Gasteiger partial charge < -0.3 is 0 Å². The summed E-state index contributed by atoms with van der Waals surface area (Å²) >= 11 is 0. The molecule has 88 valence electrons. The fraction of sp³-hybridized carbons (Fsp3) is 0.600. The van der Waals surface area contributed by atoms with E-state index in [1.165, 1.54) is 12.0 Å². The lowest BCUT2D eigenvalue weighted by atomic mass is 9.82. The summed E-state index contributed by atoms with van der Waals surface area (Å²) < 4.78 is 0. The molecule has 0 nitrogen and oxygen atoms in total. The summed E-state index contributed by atoms with van der Waals surface area (Å²) in [6.07, 6.45) is 1.25. The van der Waals surface area contributed by atoms with Gasteiger partial charge in [0.25, 0.3) is 0 Å². The average molecular weight is 234 g/mol. The Balaban J connectivity index is 2.59.